The molecule has 0 aliphatic carbocycles. The Hall–Kier alpha value is -0.880. The van der Waals surface area contributed by atoms with Gasteiger partial charge < -0.3 is 5.11 Å². The largest absolute Gasteiger partial charge is 0.480 e. The van der Waals surface area contributed by atoms with E-state index < -0.39 is 22.0 Å². The second-order valence-corrected chi connectivity index (χ2v) is 4.83. The molecule has 0 amide bonds. The lowest BCUT2D eigenvalue weighted by molar-refractivity contribution is -0.141. The van der Waals surface area contributed by atoms with Gasteiger partial charge in [0.25, 0.3) is 0 Å². The van der Waals surface area contributed by atoms with E-state index in [1.807, 2.05) is 0 Å². The number of rotatable bonds is 2. The van der Waals surface area contributed by atoms with Crippen molar-refractivity contribution >= 4 is 16.0 Å². The summed E-state index contributed by atoms with van der Waals surface area (Å²) in [7, 11) is -3.42. The lowest BCUT2D eigenvalue weighted by Crippen LogP contribution is -2.45. The molecule has 5 nitrogen and oxygen atoms in total. The standard InChI is InChI=1S/C7H11NO4S/c1-13(11,12)8-5-3-2-4-6(8)7(9)10/h2-3,6H,4-5H2,1H3,(H,9,10). The quantitative estimate of drug-likeness (QED) is 0.626. The van der Waals surface area contributed by atoms with E-state index in [0.29, 0.717) is 0 Å². The van der Waals surface area contributed by atoms with Crippen LogP contribution in [0.5, 0.6) is 0 Å². The van der Waals surface area contributed by atoms with E-state index in [0.717, 1.165) is 10.6 Å². The Balaban J connectivity index is 2.95. The Labute approximate surface area is 76.7 Å². The lowest BCUT2D eigenvalue weighted by Gasteiger charge is -2.27. The number of carboxylic acid groups (broad SMARTS) is 1. The summed E-state index contributed by atoms with van der Waals surface area (Å²) in [6.45, 7) is 0.149. The maximum Gasteiger partial charge on any atom is 0.322 e. The molecular formula is C7H11NO4S. The number of hydrogen-bond acceptors (Lipinski definition) is 3. The summed E-state index contributed by atoms with van der Waals surface area (Å²) >= 11 is 0. The topological polar surface area (TPSA) is 74.7 Å². The third kappa shape index (κ3) is 2.28. The predicted octanol–water partition coefficient (Wildman–Crippen LogP) is -0.339. The average molecular weight is 205 g/mol. The van der Waals surface area contributed by atoms with Gasteiger partial charge in [-0.3, -0.25) is 4.79 Å². The van der Waals surface area contributed by atoms with Crippen LogP contribution in [-0.2, 0) is 14.8 Å². The van der Waals surface area contributed by atoms with Gasteiger partial charge in [0, 0.05) is 6.54 Å². The number of carbonyl (C=O) groups is 1. The minimum absolute atomic E-state index is 0.149. The summed E-state index contributed by atoms with van der Waals surface area (Å²) in [4.78, 5) is 10.7. The molecule has 0 fully saturated rings. The molecule has 0 saturated heterocycles. The van der Waals surface area contributed by atoms with Crippen molar-refractivity contribution in [2.24, 2.45) is 0 Å². The third-order valence-corrected chi connectivity index (χ3v) is 3.13. The lowest BCUT2D eigenvalue weighted by atomic mass is 10.1. The molecule has 13 heavy (non-hydrogen) atoms. The second-order valence-electron chi connectivity index (χ2n) is 2.89. The van der Waals surface area contributed by atoms with Crippen molar-refractivity contribution < 1.29 is 18.3 Å². The van der Waals surface area contributed by atoms with Crippen LogP contribution >= 0.6 is 0 Å². The zero-order valence-electron chi connectivity index (χ0n) is 7.17. The molecule has 6 heteroatoms. The fourth-order valence-electron chi connectivity index (χ4n) is 1.24. The van der Waals surface area contributed by atoms with E-state index in [2.05, 4.69) is 0 Å². The van der Waals surface area contributed by atoms with Gasteiger partial charge in [0.1, 0.15) is 6.04 Å². The van der Waals surface area contributed by atoms with Crippen LogP contribution in [0.15, 0.2) is 12.2 Å². The van der Waals surface area contributed by atoms with Gasteiger partial charge in [-0.25, -0.2) is 8.42 Å². The van der Waals surface area contributed by atoms with E-state index in [9.17, 15) is 13.2 Å². The van der Waals surface area contributed by atoms with Crippen LogP contribution in [-0.4, -0.2) is 42.6 Å². The Kier molecular flexibility index (Phi) is 2.72. The highest BCUT2D eigenvalue weighted by Gasteiger charge is 2.32. The van der Waals surface area contributed by atoms with Crippen LogP contribution in [0.2, 0.25) is 0 Å². The number of nitrogens with zero attached hydrogens (tertiary/aromatic N) is 1. The Bertz CT molecular complexity index is 332. The van der Waals surface area contributed by atoms with Gasteiger partial charge in [-0.1, -0.05) is 12.2 Å². The highest BCUT2D eigenvalue weighted by atomic mass is 32.2. The zero-order valence-corrected chi connectivity index (χ0v) is 7.99. The Morgan fingerprint density at radius 3 is 2.54 bits per heavy atom. The molecule has 0 bridgehead atoms. The number of carboxylic acids is 1. The molecular weight excluding hydrogens is 194 g/mol. The summed E-state index contributed by atoms with van der Waals surface area (Å²) < 4.78 is 23.2. The summed E-state index contributed by atoms with van der Waals surface area (Å²) in [6.07, 6.45) is 4.59. The van der Waals surface area contributed by atoms with Gasteiger partial charge in [0.2, 0.25) is 10.0 Å². The molecule has 1 rings (SSSR count). The highest BCUT2D eigenvalue weighted by molar-refractivity contribution is 7.88. The minimum atomic E-state index is -3.42. The molecule has 0 saturated carbocycles. The first-order valence-electron chi connectivity index (χ1n) is 3.77. The van der Waals surface area contributed by atoms with Gasteiger partial charge in [0.15, 0.2) is 0 Å². The maximum absolute atomic E-state index is 11.1. The molecule has 0 spiro atoms. The average Bonchev–Trinajstić information content (AvgIpc) is 2.03. The van der Waals surface area contributed by atoms with Crippen LogP contribution in [0, 0.1) is 0 Å². The molecule has 1 heterocycles. The van der Waals surface area contributed by atoms with Gasteiger partial charge in [-0.2, -0.15) is 4.31 Å². The van der Waals surface area contributed by atoms with Crippen molar-refractivity contribution in [1.82, 2.24) is 4.31 Å². The van der Waals surface area contributed by atoms with Crippen molar-refractivity contribution in [3.8, 4) is 0 Å². The van der Waals surface area contributed by atoms with Crippen molar-refractivity contribution in [2.45, 2.75) is 12.5 Å². The van der Waals surface area contributed by atoms with Gasteiger partial charge in [0.05, 0.1) is 6.26 Å². The van der Waals surface area contributed by atoms with E-state index in [1.54, 1.807) is 12.2 Å². The summed E-state index contributed by atoms with van der Waals surface area (Å²) in [5.74, 6) is -1.10. The van der Waals surface area contributed by atoms with Crippen LogP contribution in [0.4, 0.5) is 0 Å². The minimum Gasteiger partial charge on any atom is -0.480 e. The summed E-state index contributed by atoms with van der Waals surface area (Å²) in [5.41, 5.74) is 0. The molecule has 1 unspecified atom stereocenters. The number of sulfonamides is 1. The molecule has 1 N–H and O–H groups in total. The van der Waals surface area contributed by atoms with Crippen LogP contribution in [0.1, 0.15) is 6.42 Å². The monoisotopic (exact) mass is 205 g/mol. The van der Waals surface area contributed by atoms with Crippen LogP contribution < -0.4 is 0 Å². The summed E-state index contributed by atoms with van der Waals surface area (Å²) in [5, 5.41) is 8.73. The fourth-order valence-corrected chi connectivity index (χ4v) is 2.23. The van der Waals surface area contributed by atoms with E-state index in [-0.39, 0.29) is 13.0 Å². The molecule has 1 aliphatic rings. The molecule has 74 valence electrons. The zero-order chi connectivity index (χ0) is 10.1. The maximum atomic E-state index is 11.1. The molecule has 0 aromatic heterocycles. The molecule has 0 radical (unpaired) electrons. The normalized spacial score (nSPS) is 24.5. The Morgan fingerprint density at radius 2 is 2.15 bits per heavy atom. The molecule has 1 aliphatic heterocycles. The third-order valence-electron chi connectivity index (χ3n) is 1.87. The number of hydrogen-bond donors (Lipinski definition) is 1. The summed E-state index contributed by atoms with van der Waals surface area (Å²) in [6, 6.07) is -0.944. The van der Waals surface area contributed by atoms with Gasteiger partial charge in [-0.15, -0.1) is 0 Å². The van der Waals surface area contributed by atoms with Crippen LogP contribution in [0.3, 0.4) is 0 Å². The predicted molar refractivity (Wildman–Crippen MR) is 46.7 cm³/mol. The van der Waals surface area contributed by atoms with Crippen molar-refractivity contribution in [3.63, 3.8) is 0 Å². The first kappa shape index (κ1) is 10.2. The smallest absolute Gasteiger partial charge is 0.322 e. The second kappa shape index (κ2) is 3.47. The van der Waals surface area contributed by atoms with E-state index in [4.69, 9.17) is 5.11 Å². The molecule has 0 aromatic carbocycles. The Morgan fingerprint density at radius 1 is 1.54 bits per heavy atom. The van der Waals surface area contributed by atoms with Crippen LogP contribution in [0.25, 0.3) is 0 Å². The molecule has 0 aromatic rings. The fraction of sp³-hybridized carbons (Fsp3) is 0.571. The van der Waals surface area contributed by atoms with E-state index in [1.165, 1.54) is 0 Å². The van der Waals surface area contributed by atoms with Crippen molar-refractivity contribution in [2.75, 3.05) is 12.8 Å². The highest BCUT2D eigenvalue weighted by Crippen LogP contribution is 2.14. The molecule has 1 atom stereocenters. The van der Waals surface area contributed by atoms with E-state index >= 15 is 0 Å². The van der Waals surface area contributed by atoms with Crippen molar-refractivity contribution in [3.05, 3.63) is 12.2 Å². The van der Waals surface area contributed by atoms with Gasteiger partial charge in [-0.05, 0) is 6.42 Å². The number of aliphatic carboxylic acids is 1. The van der Waals surface area contributed by atoms with Gasteiger partial charge >= 0.3 is 5.97 Å². The van der Waals surface area contributed by atoms with Crippen molar-refractivity contribution in [1.29, 1.82) is 0 Å². The first-order chi connectivity index (χ1) is 5.93. The SMILES string of the molecule is CS(=O)(=O)N1CC=CCC1C(=O)O. The first-order valence-corrected chi connectivity index (χ1v) is 5.62.